The van der Waals surface area contributed by atoms with Gasteiger partial charge in [-0.1, -0.05) is 147 Å². The molecule has 8 heteroatoms. The molecule has 0 radical (unpaired) electrons. The van der Waals surface area contributed by atoms with Gasteiger partial charge in [-0.3, -0.25) is 4.55 Å². The summed E-state index contributed by atoms with van der Waals surface area (Å²) < 4.78 is 44.7. The van der Waals surface area contributed by atoms with E-state index in [-0.39, 0.29) is 18.8 Å². The second-order valence-corrected chi connectivity index (χ2v) is 15.0. The largest absolute Gasteiger partial charge is 0.462 e. The van der Waals surface area contributed by atoms with E-state index in [2.05, 4.69) is 38.2 Å². The molecule has 7 nitrogen and oxygen atoms in total. The van der Waals surface area contributed by atoms with Crippen LogP contribution in [-0.2, 0) is 19.6 Å². The highest BCUT2D eigenvalue weighted by molar-refractivity contribution is 7.86. The molecule has 0 atom stereocenters. The molecule has 1 aromatic carbocycles. The van der Waals surface area contributed by atoms with E-state index in [1.807, 2.05) is 0 Å². The molecule has 0 aliphatic carbocycles. The lowest BCUT2D eigenvalue weighted by atomic mass is 10.1. The fourth-order valence-corrected chi connectivity index (χ4v) is 6.65. The Labute approximate surface area is 305 Å². The predicted octanol–water partition coefficient (Wildman–Crippen LogP) is 12.5. The van der Waals surface area contributed by atoms with E-state index in [0.717, 1.165) is 63.9 Å². The van der Waals surface area contributed by atoms with Crippen LogP contribution in [0.2, 0.25) is 0 Å². The van der Waals surface area contributed by atoms with Crippen LogP contribution in [0.15, 0.2) is 47.4 Å². The minimum absolute atomic E-state index is 0.101. The lowest BCUT2D eigenvalue weighted by Crippen LogP contribution is -2.19. The van der Waals surface area contributed by atoms with Crippen LogP contribution in [-0.4, -0.2) is 38.1 Å². The number of rotatable bonds is 33. The summed E-state index contributed by atoms with van der Waals surface area (Å²) in [4.78, 5) is 25.2. The molecule has 0 saturated heterocycles. The van der Waals surface area contributed by atoms with Gasteiger partial charge in [0.15, 0.2) is 0 Å². The zero-order valence-corrected chi connectivity index (χ0v) is 32.5. The van der Waals surface area contributed by atoms with Gasteiger partial charge in [-0.2, -0.15) is 8.42 Å². The summed E-state index contributed by atoms with van der Waals surface area (Å²) in [5.74, 6) is -1.76. The van der Waals surface area contributed by atoms with Crippen molar-refractivity contribution in [1.29, 1.82) is 0 Å². The molecule has 0 amide bonds. The highest BCUT2D eigenvalue weighted by Crippen LogP contribution is 2.23. The van der Waals surface area contributed by atoms with Crippen molar-refractivity contribution in [3.8, 4) is 0 Å². The Morgan fingerprint density at radius 2 is 0.900 bits per heavy atom. The van der Waals surface area contributed by atoms with Crippen LogP contribution < -0.4 is 0 Å². The molecule has 0 aliphatic heterocycles. The Balaban J connectivity index is 2.31. The summed E-state index contributed by atoms with van der Waals surface area (Å²) >= 11 is 0. The molecule has 1 aromatic rings. The number of allylic oxidation sites excluding steroid dienone is 4. The van der Waals surface area contributed by atoms with Crippen molar-refractivity contribution < 1.29 is 32.0 Å². The first-order chi connectivity index (χ1) is 24.3. The van der Waals surface area contributed by atoms with E-state index in [4.69, 9.17) is 9.47 Å². The number of hydrogen-bond donors (Lipinski definition) is 1. The van der Waals surface area contributed by atoms with Crippen molar-refractivity contribution in [2.24, 2.45) is 0 Å². The summed E-state index contributed by atoms with van der Waals surface area (Å²) in [5, 5.41) is 0. The molecule has 0 saturated carbocycles. The van der Waals surface area contributed by atoms with Crippen molar-refractivity contribution >= 4 is 22.1 Å². The van der Waals surface area contributed by atoms with Crippen LogP contribution in [0.4, 0.5) is 0 Å². The van der Waals surface area contributed by atoms with E-state index in [0.29, 0.717) is 12.8 Å². The van der Waals surface area contributed by atoms with Crippen molar-refractivity contribution in [2.75, 3.05) is 13.2 Å². The topological polar surface area (TPSA) is 107 Å². The lowest BCUT2D eigenvalue weighted by Gasteiger charge is -2.13. The molecule has 50 heavy (non-hydrogen) atoms. The van der Waals surface area contributed by atoms with Crippen LogP contribution in [0, 0.1) is 0 Å². The van der Waals surface area contributed by atoms with Crippen molar-refractivity contribution in [1.82, 2.24) is 0 Å². The standard InChI is InChI=1S/C42H70O7S/c1-3-5-7-9-11-13-15-17-19-21-23-25-27-29-31-36-48-41(43)38-34-33-35-39(50(45,46)47)40(38)42(44)49-37-32-30-28-26-24-22-20-18-16-14-12-10-8-6-4-2/h15-18,33-35H,3-14,19-32,36-37H2,1-2H3,(H,45,46,47)/b17-15+,18-16+. The first-order valence-corrected chi connectivity index (χ1v) is 21.5. The minimum atomic E-state index is -4.76. The number of unbranched alkanes of at least 4 members (excludes halogenated alkanes) is 22. The summed E-state index contributed by atoms with van der Waals surface area (Å²) in [7, 11) is -4.76. The molecule has 1 rings (SSSR count). The van der Waals surface area contributed by atoms with E-state index >= 15 is 0 Å². The molecule has 0 aliphatic rings. The van der Waals surface area contributed by atoms with Crippen LogP contribution in [0.25, 0.3) is 0 Å². The van der Waals surface area contributed by atoms with Crippen LogP contribution in [0.5, 0.6) is 0 Å². The summed E-state index contributed by atoms with van der Waals surface area (Å²) in [6.07, 6.45) is 39.1. The van der Waals surface area contributed by atoms with Gasteiger partial charge in [0.1, 0.15) is 4.90 Å². The van der Waals surface area contributed by atoms with E-state index in [1.54, 1.807) is 0 Å². The minimum Gasteiger partial charge on any atom is -0.462 e. The highest BCUT2D eigenvalue weighted by atomic mass is 32.2. The zero-order valence-electron chi connectivity index (χ0n) is 31.6. The first-order valence-electron chi connectivity index (χ1n) is 20.1. The maximum Gasteiger partial charge on any atom is 0.340 e. The number of esters is 2. The maximum absolute atomic E-state index is 13.0. The highest BCUT2D eigenvalue weighted by Gasteiger charge is 2.28. The number of carbonyl (C=O) groups is 2. The van der Waals surface area contributed by atoms with Gasteiger partial charge in [-0.15, -0.1) is 0 Å². The number of ether oxygens (including phenoxy) is 2. The average Bonchev–Trinajstić information content (AvgIpc) is 3.10. The van der Waals surface area contributed by atoms with Gasteiger partial charge in [0.05, 0.1) is 24.3 Å². The quantitative estimate of drug-likeness (QED) is 0.0333. The molecule has 0 spiro atoms. The van der Waals surface area contributed by atoms with Crippen molar-refractivity contribution in [2.45, 2.75) is 186 Å². The fourth-order valence-electron chi connectivity index (χ4n) is 5.95. The second kappa shape index (κ2) is 31.3. The Bertz CT molecular complexity index is 1170. The Morgan fingerprint density at radius 3 is 1.30 bits per heavy atom. The van der Waals surface area contributed by atoms with E-state index < -0.39 is 32.5 Å². The third kappa shape index (κ3) is 23.9. The lowest BCUT2D eigenvalue weighted by molar-refractivity contribution is 0.0446. The van der Waals surface area contributed by atoms with Gasteiger partial charge < -0.3 is 9.47 Å². The van der Waals surface area contributed by atoms with Gasteiger partial charge in [0.25, 0.3) is 10.1 Å². The smallest absolute Gasteiger partial charge is 0.340 e. The molecule has 1 N–H and O–H groups in total. The molecular formula is C42H70O7S. The molecule has 0 aromatic heterocycles. The second-order valence-electron chi connectivity index (χ2n) is 13.6. The first kappa shape index (κ1) is 45.6. The van der Waals surface area contributed by atoms with E-state index in [1.165, 1.54) is 108 Å². The van der Waals surface area contributed by atoms with Gasteiger partial charge in [-0.05, 0) is 76.3 Å². The van der Waals surface area contributed by atoms with Gasteiger partial charge >= 0.3 is 11.9 Å². The van der Waals surface area contributed by atoms with Gasteiger partial charge in [0.2, 0.25) is 0 Å². The molecule has 0 heterocycles. The monoisotopic (exact) mass is 718 g/mol. The van der Waals surface area contributed by atoms with Crippen molar-refractivity contribution in [3.05, 3.63) is 53.6 Å². The summed E-state index contributed by atoms with van der Waals surface area (Å²) in [6.45, 7) is 4.74. The van der Waals surface area contributed by atoms with Gasteiger partial charge in [0, 0.05) is 0 Å². The zero-order chi connectivity index (χ0) is 36.5. The molecule has 286 valence electrons. The predicted molar refractivity (Wildman–Crippen MR) is 206 cm³/mol. The van der Waals surface area contributed by atoms with Gasteiger partial charge in [-0.25, -0.2) is 9.59 Å². The molecule has 0 fully saturated rings. The SMILES string of the molecule is CCCCCCC/C=C/CCCCCCCCOC(=O)c1cccc(S(=O)(=O)O)c1C(=O)OCCCCCCCC/C=C/CCCCCCC. The molecule has 0 unspecified atom stereocenters. The average molecular weight is 719 g/mol. The summed E-state index contributed by atoms with van der Waals surface area (Å²) in [5.41, 5.74) is -0.691. The summed E-state index contributed by atoms with van der Waals surface area (Å²) in [6, 6.07) is 3.73. The number of benzene rings is 1. The number of hydrogen-bond acceptors (Lipinski definition) is 6. The van der Waals surface area contributed by atoms with Crippen LogP contribution in [0.3, 0.4) is 0 Å². The van der Waals surface area contributed by atoms with Crippen LogP contribution in [0.1, 0.15) is 202 Å². The normalized spacial score (nSPS) is 11.9. The molecular weight excluding hydrogens is 649 g/mol. The maximum atomic E-state index is 13.0. The Morgan fingerprint density at radius 1 is 0.540 bits per heavy atom. The third-order valence-electron chi connectivity index (χ3n) is 9.01. The van der Waals surface area contributed by atoms with Crippen LogP contribution >= 0.6 is 0 Å². The fraction of sp³-hybridized carbons (Fsp3) is 0.714. The Hall–Kier alpha value is -2.45. The molecule has 0 bridgehead atoms. The Kier molecular flexibility index (Phi) is 28.5. The third-order valence-corrected chi connectivity index (χ3v) is 9.90. The number of carbonyl (C=O) groups excluding carboxylic acids is 2. The van der Waals surface area contributed by atoms with Crippen molar-refractivity contribution in [3.63, 3.8) is 0 Å². The van der Waals surface area contributed by atoms with E-state index in [9.17, 15) is 22.6 Å².